The van der Waals surface area contributed by atoms with E-state index < -0.39 is 0 Å². The summed E-state index contributed by atoms with van der Waals surface area (Å²) in [5, 5.41) is 1.02. The van der Waals surface area contributed by atoms with Gasteiger partial charge in [0.2, 0.25) is 11.0 Å². The first-order valence-electron chi connectivity index (χ1n) is 9.21. The van der Waals surface area contributed by atoms with Gasteiger partial charge < -0.3 is 9.80 Å². The minimum atomic E-state index is 0.352. The lowest BCUT2D eigenvalue weighted by Gasteiger charge is -2.35. The molecule has 1 aromatic heterocycles. The van der Waals surface area contributed by atoms with E-state index in [-0.39, 0.29) is 0 Å². The van der Waals surface area contributed by atoms with Crippen LogP contribution in [0, 0.1) is 5.92 Å². The van der Waals surface area contributed by atoms with Gasteiger partial charge in [-0.2, -0.15) is 9.36 Å². The van der Waals surface area contributed by atoms with E-state index in [9.17, 15) is 4.79 Å². The average Bonchev–Trinajstić information content (AvgIpc) is 3.15. The summed E-state index contributed by atoms with van der Waals surface area (Å²) in [6.45, 7) is 3.92. The maximum absolute atomic E-state index is 12.0. The summed E-state index contributed by atoms with van der Waals surface area (Å²) in [5.74, 6) is 1.80. The number of carbonyl (C=O) groups excluding carboxylic acids is 1. The van der Waals surface area contributed by atoms with Gasteiger partial charge in [0.05, 0.1) is 0 Å². The topological polar surface area (TPSA) is 49.3 Å². The van der Waals surface area contributed by atoms with E-state index in [0.717, 1.165) is 74.8 Å². The van der Waals surface area contributed by atoms with Gasteiger partial charge in [0.1, 0.15) is 0 Å². The van der Waals surface area contributed by atoms with Crippen LogP contribution in [-0.2, 0) is 4.79 Å². The highest BCUT2D eigenvalue weighted by molar-refractivity contribution is 7.09. The number of hydrogen-bond acceptors (Lipinski definition) is 5. The van der Waals surface area contributed by atoms with Crippen LogP contribution in [0.5, 0.6) is 0 Å². The number of likely N-dealkylation sites (tertiary alicyclic amines) is 1. The summed E-state index contributed by atoms with van der Waals surface area (Å²) < 4.78 is 4.52. The molecule has 0 unspecified atom stereocenters. The largest absolute Gasteiger partial charge is 0.347 e. The number of aromatic nitrogens is 2. The second kappa shape index (κ2) is 7.52. The predicted octanol–water partition coefficient (Wildman–Crippen LogP) is 3.43. The lowest BCUT2D eigenvalue weighted by atomic mass is 9.95. The average molecular weight is 356 g/mol. The molecule has 3 heterocycles. The molecule has 4 rings (SSSR count). The quantitative estimate of drug-likeness (QED) is 0.842. The van der Waals surface area contributed by atoms with E-state index in [1.807, 2.05) is 30.3 Å². The Hall–Kier alpha value is -1.95. The van der Waals surface area contributed by atoms with Gasteiger partial charge >= 0.3 is 0 Å². The van der Waals surface area contributed by atoms with Gasteiger partial charge in [-0.25, -0.2) is 0 Å². The molecular formula is C19H24N4OS. The molecule has 1 amide bonds. The lowest BCUT2D eigenvalue weighted by Crippen LogP contribution is -2.42. The molecule has 0 bridgehead atoms. The summed E-state index contributed by atoms with van der Waals surface area (Å²) in [6.07, 6.45) is 5.23. The van der Waals surface area contributed by atoms with Crippen molar-refractivity contribution in [2.24, 2.45) is 5.92 Å². The zero-order chi connectivity index (χ0) is 17.1. The Bertz CT molecular complexity index is 709. The smallest absolute Gasteiger partial charge is 0.222 e. The Labute approximate surface area is 152 Å². The van der Waals surface area contributed by atoms with Crippen LogP contribution in [0.4, 0.5) is 5.13 Å². The van der Waals surface area contributed by atoms with Gasteiger partial charge in [0, 0.05) is 49.7 Å². The second-order valence-corrected chi connectivity index (χ2v) is 7.72. The molecule has 1 aromatic carbocycles. The predicted molar refractivity (Wildman–Crippen MR) is 101 cm³/mol. The molecule has 2 saturated heterocycles. The number of hydrogen-bond donors (Lipinski definition) is 0. The summed E-state index contributed by atoms with van der Waals surface area (Å²) >= 11 is 1.49. The van der Waals surface area contributed by atoms with Gasteiger partial charge in [0.15, 0.2) is 5.82 Å². The highest BCUT2D eigenvalue weighted by atomic mass is 32.1. The molecule has 2 aromatic rings. The molecule has 2 aliphatic heterocycles. The zero-order valence-electron chi connectivity index (χ0n) is 14.4. The summed E-state index contributed by atoms with van der Waals surface area (Å²) in [6, 6.07) is 10.1. The van der Waals surface area contributed by atoms with Crippen LogP contribution >= 0.6 is 11.5 Å². The van der Waals surface area contributed by atoms with E-state index in [2.05, 4.69) is 14.2 Å². The molecule has 0 aliphatic carbocycles. The summed E-state index contributed by atoms with van der Waals surface area (Å²) in [4.78, 5) is 21.1. The van der Waals surface area contributed by atoms with Gasteiger partial charge in [0.25, 0.3) is 0 Å². The number of benzene rings is 1. The molecular weight excluding hydrogens is 332 g/mol. The van der Waals surface area contributed by atoms with Crippen LogP contribution < -0.4 is 4.90 Å². The van der Waals surface area contributed by atoms with Gasteiger partial charge in [-0.15, -0.1) is 0 Å². The third-order valence-corrected chi connectivity index (χ3v) is 6.01. The molecule has 6 heteroatoms. The lowest BCUT2D eigenvalue weighted by molar-refractivity contribution is -0.134. The van der Waals surface area contributed by atoms with Crippen molar-refractivity contribution in [3.63, 3.8) is 0 Å². The van der Waals surface area contributed by atoms with E-state index in [0.29, 0.717) is 11.8 Å². The number of piperidine rings is 2. The minimum absolute atomic E-state index is 0.352. The fourth-order valence-corrected chi connectivity index (χ4v) is 4.46. The number of amides is 1. The molecule has 0 radical (unpaired) electrons. The first-order chi connectivity index (χ1) is 12.3. The Kier molecular flexibility index (Phi) is 4.97. The third-order valence-electron chi connectivity index (χ3n) is 5.23. The zero-order valence-corrected chi connectivity index (χ0v) is 15.2. The van der Waals surface area contributed by atoms with E-state index in [1.165, 1.54) is 11.5 Å². The van der Waals surface area contributed by atoms with Gasteiger partial charge in [-0.1, -0.05) is 30.3 Å². The van der Waals surface area contributed by atoms with E-state index in [4.69, 9.17) is 4.98 Å². The molecule has 0 atom stereocenters. The Morgan fingerprint density at radius 1 is 1.08 bits per heavy atom. The van der Waals surface area contributed by atoms with Crippen molar-refractivity contribution in [3.05, 3.63) is 30.3 Å². The van der Waals surface area contributed by atoms with Crippen molar-refractivity contribution >= 4 is 22.6 Å². The normalized spacial score (nSPS) is 19.4. The van der Waals surface area contributed by atoms with Gasteiger partial charge in [-0.3, -0.25) is 4.79 Å². The first kappa shape index (κ1) is 16.5. The number of anilines is 1. The van der Waals surface area contributed by atoms with Crippen LogP contribution in [0.1, 0.15) is 32.1 Å². The Morgan fingerprint density at radius 2 is 1.88 bits per heavy atom. The Balaban J connectivity index is 1.33. The van der Waals surface area contributed by atoms with E-state index in [1.54, 1.807) is 0 Å². The van der Waals surface area contributed by atoms with Crippen LogP contribution in [0.25, 0.3) is 11.4 Å². The van der Waals surface area contributed by atoms with Crippen molar-refractivity contribution < 1.29 is 4.79 Å². The van der Waals surface area contributed by atoms with Crippen LogP contribution in [0.15, 0.2) is 30.3 Å². The third kappa shape index (κ3) is 3.84. The maximum Gasteiger partial charge on any atom is 0.222 e. The number of nitrogens with zero attached hydrogens (tertiary/aromatic N) is 4. The number of carbonyl (C=O) groups is 1. The maximum atomic E-state index is 12.0. The SMILES string of the molecule is O=C1CCCCN1CC1CCN(c2nc(-c3ccccc3)ns2)CC1. The molecule has 2 fully saturated rings. The van der Waals surface area contributed by atoms with E-state index >= 15 is 0 Å². The monoisotopic (exact) mass is 356 g/mol. The molecule has 25 heavy (non-hydrogen) atoms. The van der Waals surface area contributed by atoms with Crippen molar-refractivity contribution in [2.75, 3.05) is 31.1 Å². The minimum Gasteiger partial charge on any atom is -0.347 e. The fraction of sp³-hybridized carbons (Fsp3) is 0.526. The Morgan fingerprint density at radius 3 is 2.64 bits per heavy atom. The molecule has 0 spiro atoms. The summed E-state index contributed by atoms with van der Waals surface area (Å²) in [7, 11) is 0. The fourth-order valence-electron chi connectivity index (χ4n) is 3.72. The first-order valence-corrected chi connectivity index (χ1v) is 9.99. The summed E-state index contributed by atoms with van der Waals surface area (Å²) in [5.41, 5.74) is 1.07. The number of rotatable bonds is 4. The van der Waals surface area contributed by atoms with Crippen LogP contribution in [0.2, 0.25) is 0 Å². The van der Waals surface area contributed by atoms with Crippen molar-refractivity contribution in [1.82, 2.24) is 14.3 Å². The molecule has 0 saturated carbocycles. The van der Waals surface area contributed by atoms with Crippen LogP contribution in [0.3, 0.4) is 0 Å². The van der Waals surface area contributed by atoms with Crippen molar-refractivity contribution in [1.29, 1.82) is 0 Å². The molecule has 0 N–H and O–H groups in total. The highest BCUT2D eigenvalue weighted by Gasteiger charge is 2.26. The van der Waals surface area contributed by atoms with Crippen LogP contribution in [-0.4, -0.2) is 46.3 Å². The van der Waals surface area contributed by atoms with Crippen molar-refractivity contribution in [2.45, 2.75) is 32.1 Å². The molecule has 132 valence electrons. The molecule has 5 nitrogen and oxygen atoms in total. The molecule has 2 aliphatic rings. The second-order valence-electron chi connectivity index (χ2n) is 6.99. The highest BCUT2D eigenvalue weighted by Crippen LogP contribution is 2.28. The standard InChI is InChI=1S/C19H24N4OS/c24-17-8-4-5-11-23(17)14-15-9-12-22(13-10-15)19-20-18(21-25-19)16-6-2-1-3-7-16/h1-3,6-7,15H,4-5,8-14H2. The van der Waals surface area contributed by atoms with Gasteiger partial charge in [-0.05, 0) is 31.6 Å². The van der Waals surface area contributed by atoms with Crippen molar-refractivity contribution in [3.8, 4) is 11.4 Å².